The Bertz CT molecular complexity index is 529. The molecule has 0 bridgehead atoms. The summed E-state index contributed by atoms with van der Waals surface area (Å²) in [6.07, 6.45) is 0. The quantitative estimate of drug-likeness (QED) is 0.765. The van der Waals surface area contributed by atoms with Crippen LogP contribution in [0.1, 0.15) is 25.3 Å². The standard InChI is InChI=1S/C16H17FO/c1-11(2)15-9-6-13(10-16(15)18-3)12-4-7-14(17)8-5-12/h4-11H,1-3H3. The Morgan fingerprint density at radius 1 is 0.944 bits per heavy atom. The van der Waals surface area contributed by atoms with Crippen molar-refractivity contribution in [1.29, 1.82) is 0 Å². The van der Waals surface area contributed by atoms with Crippen molar-refractivity contribution in [3.63, 3.8) is 0 Å². The van der Waals surface area contributed by atoms with Gasteiger partial charge in [-0.2, -0.15) is 0 Å². The summed E-state index contributed by atoms with van der Waals surface area (Å²) in [5.74, 6) is 1.08. The van der Waals surface area contributed by atoms with Gasteiger partial charge in [0.2, 0.25) is 0 Å². The van der Waals surface area contributed by atoms with Gasteiger partial charge in [0, 0.05) is 0 Å². The minimum absolute atomic E-state index is 0.218. The minimum atomic E-state index is -0.218. The second kappa shape index (κ2) is 5.21. The van der Waals surface area contributed by atoms with E-state index in [1.807, 2.05) is 12.1 Å². The Balaban J connectivity index is 2.44. The van der Waals surface area contributed by atoms with Crippen molar-refractivity contribution >= 4 is 0 Å². The SMILES string of the molecule is COc1cc(-c2ccc(F)cc2)ccc1C(C)C. The first-order valence-corrected chi connectivity index (χ1v) is 6.05. The summed E-state index contributed by atoms with van der Waals surface area (Å²) in [7, 11) is 1.68. The number of methoxy groups -OCH3 is 1. The summed E-state index contributed by atoms with van der Waals surface area (Å²) in [4.78, 5) is 0. The van der Waals surface area contributed by atoms with E-state index in [2.05, 4.69) is 19.9 Å². The van der Waals surface area contributed by atoms with E-state index in [4.69, 9.17) is 4.74 Å². The molecule has 2 aromatic rings. The van der Waals surface area contributed by atoms with Crippen LogP contribution in [-0.4, -0.2) is 7.11 Å². The second-order valence-electron chi connectivity index (χ2n) is 4.62. The predicted molar refractivity (Wildman–Crippen MR) is 72.5 cm³/mol. The molecule has 0 saturated heterocycles. The van der Waals surface area contributed by atoms with E-state index in [-0.39, 0.29) is 5.82 Å². The molecule has 2 heteroatoms. The summed E-state index contributed by atoms with van der Waals surface area (Å²) in [6.45, 7) is 4.27. The van der Waals surface area contributed by atoms with Gasteiger partial charge in [-0.15, -0.1) is 0 Å². The highest BCUT2D eigenvalue weighted by atomic mass is 19.1. The van der Waals surface area contributed by atoms with Crippen LogP contribution in [0, 0.1) is 5.82 Å². The normalized spacial score (nSPS) is 10.7. The third kappa shape index (κ3) is 2.53. The maximum absolute atomic E-state index is 12.9. The lowest BCUT2D eigenvalue weighted by Gasteiger charge is -2.13. The number of halogens is 1. The summed E-state index contributed by atoms with van der Waals surface area (Å²) in [6, 6.07) is 12.6. The Morgan fingerprint density at radius 2 is 1.56 bits per heavy atom. The molecular weight excluding hydrogens is 227 g/mol. The van der Waals surface area contributed by atoms with Gasteiger partial charge in [-0.25, -0.2) is 4.39 Å². The number of benzene rings is 2. The lowest BCUT2D eigenvalue weighted by Crippen LogP contribution is -1.94. The molecule has 0 aliphatic carbocycles. The summed E-state index contributed by atoms with van der Waals surface area (Å²) < 4.78 is 18.3. The van der Waals surface area contributed by atoms with E-state index in [0.29, 0.717) is 5.92 Å². The fraction of sp³-hybridized carbons (Fsp3) is 0.250. The molecule has 2 aromatic carbocycles. The van der Waals surface area contributed by atoms with Crippen LogP contribution in [0.25, 0.3) is 11.1 Å². The van der Waals surface area contributed by atoms with Crippen LogP contribution in [0.3, 0.4) is 0 Å². The molecule has 0 atom stereocenters. The average molecular weight is 244 g/mol. The van der Waals surface area contributed by atoms with Gasteiger partial charge in [0.15, 0.2) is 0 Å². The van der Waals surface area contributed by atoms with Crippen LogP contribution in [-0.2, 0) is 0 Å². The Hall–Kier alpha value is -1.83. The van der Waals surface area contributed by atoms with Gasteiger partial charge in [0.1, 0.15) is 11.6 Å². The average Bonchev–Trinajstić information content (AvgIpc) is 2.38. The number of ether oxygens (including phenoxy) is 1. The van der Waals surface area contributed by atoms with Crippen LogP contribution in [0.5, 0.6) is 5.75 Å². The molecule has 0 aliphatic rings. The van der Waals surface area contributed by atoms with Gasteiger partial charge in [-0.05, 0) is 40.8 Å². The van der Waals surface area contributed by atoms with E-state index < -0.39 is 0 Å². The Morgan fingerprint density at radius 3 is 2.11 bits per heavy atom. The number of rotatable bonds is 3. The van der Waals surface area contributed by atoms with Crippen LogP contribution in [0.15, 0.2) is 42.5 Å². The molecule has 18 heavy (non-hydrogen) atoms. The van der Waals surface area contributed by atoms with Gasteiger partial charge < -0.3 is 4.74 Å². The summed E-state index contributed by atoms with van der Waals surface area (Å²) >= 11 is 0. The fourth-order valence-electron chi connectivity index (χ4n) is 2.01. The van der Waals surface area contributed by atoms with E-state index in [0.717, 1.165) is 16.9 Å². The molecule has 0 saturated carbocycles. The summed E-state index contributed by atoms with van der Waals surface area (Å²) in [5, 5.41) is 0. The van der Waals surface area contributed by atoms with Crippen LogP contribution in [0.4, 0.5) is 4.39 Å². The largest absolute Gasteiger partial charge is 0.496 e. The molecule has 0 fully saturated rings. The van der Waals surface area contributed by atoms with Gasteiger partial charge in [0.05, 0.1) is 7.11 Å². The van der Waals surface area contributed by atoms with Crippen molar-refractivity contribution in [2.75, 3.05) is 7.11 Å². The monoisotopic (exact) mass is 244 g/mol. The van der Waals surface area contributed by atoms with E-state index in [1.54, 1.807) is 19.2 Å². The molecule has 1 nitrogen and oxygen atoms in total. The molecule has 0 heterocycles. The highest BCUT2D eigenvalue weighted by Gasteiger charge is 2.08. The van der Waals surface area contributed by atoms with E-state index >= 15 is 0 Å². The lowest BCUT2D eigenvalue weighted by molar-refractivity contribution is 0.408. The van der Waals surface area contributed by atoms with Crippen LogP contribution in [0.2, 0.25) is 0 Å². The molecule has 0 N–H and O–H groups in total. The van der Waals surface area contributed by atoms with E-state index in [9.17, 15) is 4.39 Å². The first-order valence-electron chi connectivity index (χ1n) is 6.05. The van der Waals surface area contributed by atoms with Crippen molar-refractivity contribution in [2.45, 2.75) is 19.8 Å². The first-order chi connectivity index (χ1) is 8.61. The lowest BCUT2D eigenvalue weighted by atomic mass is 9.97. The molecule has 0 spiro atoms. The summed E-state index contributed by atoms with van der Waals surface area (Å²) in [5.41, 5.74) is 3.21. The zero-order chi connectivity index (χ0) is 13.1. The van der Waals surface area contributed by atoms with Crippen molar-refractivity contribution in [2.24, 2.45) is 0 Å². The molecular formula is C16H17FO. The minimum Gasteiger partial charge on any atom is -0.496 e. The highest BCUT2D eigenvalue weighted by Crippen LogP contribution is 2.31. The maximum atomic E-state index is 12.9. The predicted octanol–water partition coefficient (Wildman–Crippen LogP) is 4.62. The molecule has 0 unspecified atom stereocenters. The first kappa shape index (κ1) is 12.6. The van der Waals surface area contributed by atoms with Crippen molar-refractivity contribution in [3.05, 3.63) is 53.8 Å². The van der Waals surface area contributed by atoms with Gasteiger partial charge >= 0.3 is 0 Å². The Labute approximate surface area is 107 Å². The zero-order valence-corrected chi connectivity index (χ0v) is 10.9. The smallest absolute Gasteiger partial charge is 0.123 e. The molecule has 0 aliphatic heterocycles. The van der Waals surface area contributed by atoms with Gasteiger partial charge in [0.25, 0.3) is 0 Å². The fourth-order valence-corrected chi connectivity index (χ4v) is 2.01. The highest BCUT2D eigenvalue weighted by molar-refractivity contribution is 5.66. The maximum Gasteiger partial charge on any atom is 0.123 e. The number of hydrogen-bond acceptors (Lipinski definition) is 1. The molecule has 94 valence electrons. The van der Waals surface area contributed by atoms with Crippen LogP contribution >= 0.6 is 0 Å². The van der Waals surface area contributed by atoms with Crippen molar-refractivity contribution in [3.8, 4) is 16.9 Å². The van der Waals surface area contributed by atoms with Crippen molar-refractivity contribution in [1.82, 2.24) is 0 Å². The number of hydrogen-bond donors (Lipinski definition) is 0. The van der Waals surface area contributed by atoms with Crippen LogP contribution < -0.4 is 4.74 Å². The topological polar surface area (TPSA) is 9.23 Å². The molecule has 0 amide bonds. The molecule has 2 rings (SSSR count). The second-order valence-corrected chi connectivity index (χ2v) is 4.62. The van der Waals surface area contributed by atoms with E-state index in [1.165, 1.54) is 17.7 Å². The van der Waals surface area contributed by atoms with Crippen molar-refractivity contribution < 1.29 is 9.13 Å². The third-order valence-corrected chi connectivity index (χ3v) is 3.03. The zero-order valence-electron chi connectivity index (χ0n) is 10.9. The van der Waals surface area contributed by atoms with Gasteiger partial charge in [-0.1, -0.05) is 38.1 Å². The third-order valence-electron chi connectivity index (χ3n) is 3.03. The molecule has 0 aromatic heterocycles. The molecule has 0 radical (unpaired) electrons. The van der Waals surface area contributed by atoms with Gasteiger partial charge in [-0.3, -0.25) is 0 Å². The Kier molecular flexibility index (Phi) is 3.66.